The molecule has 4 nitrogen and oxygen atoms in total. The maximum absolute atomic E-state index is 10.7. The topological polar surface area (TPSA) is 67.2 Å². The molecule has 1 amide bonds. The number of amides is 1. The predicted octanol–water partition coefficient (Wildman–Crippen LogP) is -1.01. The van der Waals surface area contributed by atoms with Gasteiger partial charge in [-0.05, 0) is 0 Å². The number of pyridine rings is 1. The van der Waals surface area contributed by atoms with Crippen molar-refractivity contribution >= 4 is 5.91 Å². The first kappa shape index (κ1) is 9.67. The molecule has 1 rings (SSSR count). The van der Waals surface area contributed by atoms with Gasteiger partial charge in [-0.3, -0.25) is 4.79 Å². The number of aromatic nitrogens is 1. The van der Waals surface area contributed by atoms with Crippen LogP contribution in [0.3, 0.4) is 0 Å². The van der Waals surface area contributed by atoms with Crippen molar-refractivity contribution < 1.29 is 14.5 Å². The zero-order valence-electron chi connectivity index (χ0n) is 7.31. The number of primary amides is 1. The van der Waals surface area contributed by atoms with Crippen LogP contribution in [0.5, 0.6) is 0 Å². The standard InChI is InChI=1S/C9H12N2O2/c10-9(13)7-8-3-1-2-4-11(8)5-6-12/h1-4,12H,5-7H2,(H-,10,13)/p+1. The fourth-order valence-corrected chi connectivity index (χ4v) is 1.18. The van der Waals surface area contributed by atoms with Gasteiger partial charge < -0.3 is 10.8 Å². The van der Waals surface area contributed by atoms with Crippen LogP contribution in [0.15, 0.2) is 24.4 Å². The number of rotatable bonds is 4. The molecule has 0 atom stereocenters. The third kappa shape index (κ3) is 2.83. The maximum atomic E-state index is 10.7. The van der Waals surface area contributed by atoms with E-state index in [0.717, 1.165) is 5.69 Å². The average Bonchev–Trinajstić information content (AvgIpc) is 2.08. The molecular formula is C9H13N2O2+. The fourth-order valence-electron chi connectivity index (χ4n) is 1.18. The minimum Gasteiger partial charge on any atom is -0.390 e. The van der Waals surface area contributed by atoms with E-state index in [0.29, 0.717) is 6.54 Å². The van der Waals surface area contributed by atoms with Crippen LogP contribution in [0.25, 0.3) is 0 Å². The van der Waals surface area contributed by atoms with Gasteiger partial charge in [0.05, 0.1) is 0 Å². The predicted molar refractivity (Wildman–Crippen MR) is 46.6 cm³/mol. The zero-order chi connectivity index (χ0) is 9.68. The van der Waals surface area contributed by atoms with Gasteiger partial charge in [0.15, 0.2) is 18.4 Å². The molecule has 0 saturated heterocycles. The minimum absolute atomic E-state index is 0.0560. The van der Waals surface area contributed by atoms with Gasteiger partial charge in [0.25, 0.3) is 0 Å². The lowest BCUT2D eigenvalue weighted by Crippen LogP contribution is -2.41. The van der Waals surface area contributed by atoms with Crippen molar-refractivity contribution in [3.63, 3.8) is 0 Å². The van der Waals surface area contributed by atoms with E-state index in [-0.39, 0.29) is 18.9 Å². The molecule has 0 spiro atoms. The summed E-state index contributed by atoms with van der Waals surface area (Å²) in [5.74, 6) is -0.363. The van der Waals surface area contributed by atoms with Crippen LogP contribution in [0.1, 0.15) is 5.69 Å². The highest BCUT2D eigenvalue weighted by molar-refractivity contribution is 5.75. The number of nitrogens with two attached hydrogens (primary N) is 1. The SMILES string of the molecule is NC(=O)Cc1cccc[n+]1CCO. The molecule has 0 aromatic carbocycles. The molecule has 0 aliphatic heterocycles. The molecule has 70 valence electrons. The highest BCUT2D eigenvalue weighted by Gasteiger charge is 2.10. The van der Waals surface area contributed by atoms with Crippen molar-refractivity contribution in [2.24, 2.45) is 5.73 Å². The number of nitrogens with zero attached hydrogens (tertiary/aromatic N) is 1. The average molecular weight is 181 g/mol. The summed E-state index contributed by atoms with van der Waals surface area (Å²) in [6.07, 6.45) is 2.02. The zero-order valence-corrected chi connectivity index (χ0v) is 7.31. The van der Waals surface area contributed by atoms with E-state index in [4.69, 9.17) is 10.8 Å². The molecule has 0 aliphatic rings. The number of aliphatic hydroxyl groups is 1. The highest BCUT2D eigenvalue weighted by atomic mass is 16.3. The highest BCUT2D eigenvalue weighted by Crippen LogP contribution is 1.92. The van der Waals surface area contributed by atoms with Gasteiger partial charge in [-0.1, -0.05) is 6.07 Å². The van der Waals surface area contributed by atoms with E-state index in [9.17, 15) is 4.79 Å². The molecule has 0 radical (unpaired) electrons. The van der Waals surface area contributed by atoms with E-state index < -0.39 is 0 Å². The van der Waals surface area contributed by atoms with Crippen LogP contribution in [-0.4, -0.2) is 17.6 Å². The van der Waals surface area contributed by atoms with Crippen LogP contribution in [-0.2, 0) is 17.8 Å². The molecule has 0 bridgehead atoms. The number of carbonyl (C=O) groups is 1. The summed E-state index contributed by atoms with van der Waals surface area (Å²) < 4.78 is 1.81. The molecule has 4 heteroatoms. The summed E-state index contributed by atoms with van der Waals surface area (Å²) >= 11 is 0. The van der Waals surface area contributed by atoms with Crippen molar-refractivity contribution in [2.75, 3.05) is 6.61 Å². The van der Waals surface area contributed by atoms with Gasteiger partial charge in [0.2, 0.25) is 5.91 Å². The van der Waals surface area contributed by atoms with Gasteiger partial charge in [-0.15, -0.1) is 0 Å². The third-order valence-electron chi connectivity index (χ3n) is 1.73. The normalized spacial score (nSPS) is 9.92. The number of hydrogen-bond acceptors (Lipinski definition) is 2. The Balaban J connectivity index is 2.84. The number of carbonyl (C=O) groups excluding carboxylic acids is 1. The third-order valence-corrected chi connectivity index (χ3v) is 1.73. The molecule has 1 aromatic heterocycles. The minimum atomic E-state index is -0.363. The van der Waals surface area contributed by atoms with E-state index >= 15 is 0 Å². The fraction of sp³-hybridized carbons (Fsp3) is 0.333. The van der Waals surface area contributed by atoms with E-state index in [2.05, 4.69) is 0 Å². The summed E-state index contributed by atoms with van der Waals surface area (Å²) in [7, 11) is 0. The lowest BCUT2D eigenvalue weighted by Gasteiger charge is -1.99. The second kappa shape index (κ2) is 4.57. The van der Waals surface area contributed by atoms with Gasteiger partial charge in [0, 0.05) is 12.1 Å². The van der Waals surface area contributed by atoms with Crippen LogP contribution in [0.2, 0.25) is 0 Å². The monoisotopic (exact) mass is 181 g/mol. The molecule has 0 unspecified atom stereocenters. The molecule has 0 fully saturated rings. The van der Waals surface area contributed by atoms with Crippen LogP contribution >= 0.6 is 0 Å². The first-order valence-electron chi connectivity index (χ1n) is 4.10. The van der Waals surface area contributed by atoms with Gasteiger partial charge in [-0.25, -0.2) is 0 Å². The molecule has 13 heavy (non-hydrogen) atoms. The van der Waals surface area contributed by atoms with Gasteiger partial charge >= 0.3 is 0 Å². The number of aliphatic hydroxyl groups excluding tert-OH is 1. The second-order valence-corrected chi connectivity index (χ2v) is 2.75. The lowest BCUT2D eigenvalue weighted by atomic mass is 10.2. The lowest BCUT2D eigenvalue weighted by molar-refractivity contribution is -0.704. The molecule has 3 N–H and O–H groups in total. The van der Waals surface area contributed by atoms with Crippen molar-refractivity contribution in [3.05, 3.63) is 30.1 Å². The second-order valence-electron chi connectivity index (χ2n) is 2.75. The van der Waals surface area contributed by atoms with E-state index in [1.54, 1.807) is 0 Å². The van der Waals surface area contributed by atoms with Crippen molar-refractivity contribution in [1.82, 2.24) is 0 Å². The molecule has 0 saturated carbocycles. The van der Waals surface area contributed by atoms with Gasteiger partial charge in [-0.2, -0.15) is 4.57 Å². The summed E-state index contributed by atoms with van der Waals surface area (Å²) in [4.78, 5) is 10.7. The Bertz CT molecular complexity index is 299. The quantitative estimate of drug-likeness (QED) is 0.585. The van der Waals surface area contributed by atoms with E-state index in [1.807, 2.05) is 29.0 Å². The molecule has 0 aliphatic carbocycles. The Labute approximate surface area is 76.6 Å². The Morgan fingerprint density at radius 2 is 2.31 bits per heavy atom. The van der Waals surface area contributed by atoms with Crippen LogP contribution in [0.4, 0.5) is 0 Å². The van der Waals surface area contributed by atoms with Crippen LogP contribution in [0, 0.1) is 0 Å². The Morgan fingerprint density at radius 1 is 1.54 bits per heavy atom. The van der Waals surface area contributed by atoms with E-state index in [1.165, 1.54) is 0 Å². The Kier molecular flexibility index (Phi) is 3.40. The van der Waals surface area contributed by atoms with Crippen molar-refractivity contribution in [3.8, 4) is 0 Å². The first-order chi connectivity index (χ1) is 6.24. The Hall–Kier alpha value is -1.42. The van der Waals surface area contributed by atoms with Gasteiger partial charge in [0.1, 0.15) is 13.0 Å². The number of hydrogen-bond donors (Lipinski definition) is 2. The first-order valence-corrected chi connectivity index (χ1v) is 4.10. The summed E-state index contributed by atoms with van der Waals surface area (Å²) in [6, 6.07) is 5.51. The Morgan fingerprint density at radius 3 is 2.92 bits per heavy atom. The molecule has 1 aromatic rings. The molecule has 1 heterocycles. The van der Waals surface area contributed by atoms with Crippen LogP contribution < -0.4 is 10.3 Å². The maximum Gasteiger partial charge on any atom is 0.228 e. The van der Waals surface area contributed by atoms with Crippen molar-refractivity contribution in [2.45, 2.75) is 13.0 Å². The largest absolute Gasteiger partial charge is 0.390 e. The summed E-state index contributed by atoms with van der Waals surface area (Å²) in [5, 5.41) is 8.74. The summed E-state index contributed by atoms with van der Waals surface area (Å²) in [5.41, 5.74) is 5.90. The molecular weight excluding hydrogens is 168 g/mol. The van der Waals surface area contributed by atoms with Crippen molar-refractivity contribution in [1.29, 1.82) is 0 Å². The smallest absolute Gasteiger partial charge is 0.228 e. The summed E-state index contributed by atoms with van der Waals surface area (Å²) in [6.45, 7) is 0.546.